The minimum Gasteiger partial charge on any atom is -0.383 e. The summed E-state index contributed by atoms with van der Waals surface area (Å²) < 4.78 is 12.1. The van der Waals surface area contributed by atoms with E-state index in [9.17, 15) is 14.4 Å². The lowest BCUT2D eigenvalue weighted by Crippen LogP contribution is -2.37. The third kappa shape index (κ3) is 6.46. The van der Waals surface area contributed by atoms with Crippen LogP contribution in [0.15, 0.2) is 24.5 Å². The lowest BCUT2D eigenvalue weighted by molar-refractivity contribution is -0.121. The van der Waals surface area contributed by atoms with Crippen LogP contribution in [0.2, 0.25) is 5.02 Å². The van der Waals surface area contributed by atoms with E-state index >= 15 is 0 Å². The number of carbonyl (C=O) groups is 3. The highest BCUT2D eigenvalue weighted by Gasteiger charge is 2.32. The number of imidazole rings is 1. The topological polar surface area (TPSA) is 141 Å². The summed E-state index contributed by atoms with van der Waals surface area (Å²) in [6.07, 6.45) is 3.98. The van der Waals surface area contributed by atoms with E-state index in [0.717, 1.165) is 18.8 Å². The Morgan fingerprint density at radius 3 is 2.58 bits per heavy atom. The van der Waals surface area contributed by atoms with Crippen LogP contribution in [-0.4, -0.2) is 73.3 Å². The minimum absolute atomic E-state index is 0.00453. The minimum atomic E-state index is -0.721. The molecule has 2 heterocycles. The molecule has 1 aromatic heterocycles. The van der Waals surface area contributed by atoms with Crippen molar-refractivity contribution in [3.05, 3.63) is 40.9 Å². The number of aromatic nitrogens is 2. The Kier molecular flexibility index (Phi) is 9.24. The highest BCUT2D eigenvalue weighted by atomic mass is 35.5. The maximum absolute atomic E-state index is 13.1. The summed E-state index contributed by atoms with van der Waals surface area (Å²) >= 11 is 6.39. The lowest BCUT2D eigenvalue weighted by Gasteiger charge is -2.30. The average molecular weight is 547 g/mol. The largest absolute Gasteiger partial charge is 0.383 e. The molecule has 1 aliphatic carbocycles. The van der Waals surface area contributed by atoms with Crippen molar-refractivity contribution in [3.63, 3.8) is 0 Å². The Morgan fingerprint density at radius 1 is 1.21 bits per heavy atom. The molecule has 11 nitrogen and oxygen atoms in total. The van der Waals surface area contributed by atoms with Gasteiger partial charge in [0, 0.05) is 43.9 Å². The maximum Gasteiger partial charge on any atom is 0.272 e. The molecule has 2 aromatic rings. The molecule has 2 aliphatic rings. The van der Waals surface area contributed by atoms with Crippen LogP contribution < -0.4 is 21.3 Å². The molecule has 1 unspecified atom stereocenters. The molecule has 38 heavy (non-hydrogen) atoms. The number of hydrogen-bond acceptors (Lipinski definition) is 7. The summed E-state index contributed by atoms with van der Waals surface area (Å²) in [6, 6.07) is 5.30. The van der Waals surface area contributed by atoms with E-state index in [-0.39, 0.29) is 35.3 Å². The van der Waals surface area contributed by atoms with E-state index < -0.39 is 11.8 Å². The van der Waals surface area contributed by atoms with Gasteiger partial charge >= 0.3 is 0 Å². The molecule has 1 aromatic carbocycles. The molecule has 1 saturated carbocycles. The second-order valence-corrected chi connectivity index (χ2v) is 10.2. The molecule has 0 radical (unpaired) electrons. The predicted molar refractivity (Wildman–Crippen MR) is 144 cm³/mol. The normalized spacial score (nSPS) is 20.6. The number of nitrogens with two attached hydrogens (primary N) is 1. The summed E-state index contributed by atoms with van der Waals surface area (Å²) in [5.41, 5.74) is 7.30. The highest BCUT2D eigenvalue weighted by molar-refractivity contribution is 6.33. The Bertz CT molecular complexity index is 1160. The van der Waals surface area contributed by atoms with Crippen LogP contribution in [-0.2, 0) is 14.3 Å². The summed E-state index contributed by atoms with van der Waals surface area (Å²) in [5.74, 6) is -1.49. The van der Waals surface area contributed by atoms with Crippen molar-refractivity contribution in [2.24, 2.45) is 11.7 Å². The van der Waals surface area contributed by atoms with Crippen LogP contribution in [0.1, 0.15) is 59.6 Å². The van der Waals surface area contributed by atoms with Crippen molar-refractivity contribution in [1.29, 1.82) is 0 Å². The summed E-state index contributed by atoms with van der Waals surface area (Å²) in [6.45, 7) is 5.03. The van der Waals surface area contributed by atoms with Crippen molar-refractivity contribution in [3.8, 4) is 0 Å². The van der Waals surface area contributed by atoms with Gasteiger partial charge in [-0.25, -0.2) is 4.98 Å². The van der Waals surface area contributed by atoms with Crippen molar-refractivity contribution >= 4 is 40.7 Å². The van der Waals surface area contributed by atoms with Crippen LogP contribution in [0.5, 0.6) is 0 Å². The molecule has 0 spiro atoms. The Hall–Kier alpha value is -3.15. The number of nitrogens with one attached hydrogen (secondary N) is 2. The number of amides is 3. The van der Waals surface area contributed by atoms with Crippen molar-refractivity contribution < 1.29 is 23.9 Å². The van der Waals surface area contributed by atoms with Crippen LogP contribution in [0.25, 0.3) is 0 Å². The monoisotopic (exact) mass is 546 g/mol. The first-order valence-corrected chi connectivity index (χ1v) is 13.3. The van der Waals surface area contributed by atoms with Gasteiger partial charge in [-0.1, -0.05) is 11.6 Å². The highest BCUT2D eigenvalue weighted by Crippen LogP contribution is 2.35. The number of primary amides is 1. The molecule has 1 atom stereocenters. The SMILES string of the molecule is COCC(C)NC(=O)c1ncn([C@H]2CC[C@H](C(=O)Nc3cc(N4CCOCC4)ccc3Cl)CC2)c1C(N)=O. The maximum atomic E-state index is 13.1. The standard InChI is InChI=1S/C26H35ClN6O5/c1-16(14-37-2)30-26(36)22-23(24(28)34)33(15-29-22)18-5-3-17(4-6-18)25(35)31-21-13-19(7-8-20(21)27)32-9-11-38-12-10-32/h7-8,13,15-18H,3-6,9-12,14H2,1-2H3,(H2,28,34)(H,30,36)(H,31,35)/t16?,17-,18-. The van der Waals surface area contributed by atoms with Gasteiger partial charge in [-0.15, -0.1) is 0 Å². The van der Waals surface area contributed by atoms with Crippen molar-refractivity contribution in [2.75, 3.05) is 50.2 Å². The van der Waals surface area contributed by atoms with Gasteiger partial charge in [-0.2, -0.15) is 0 Å². The fourth-order valence-electron chi connectivity index (χ4n) is 5.11. The van der Waals surface area contributed by atoms with E-state index in [1.807, 2.05) is 12.1 Å². The number of methoxy groups -OCH3 is 1. The van der Waals surface area contributed by atoms with Gasteiger partial charge in [-0.3, -0.25) is 14.4 Å². The fraction of sp³-hybridized carbons (Fsp3) is 0.538. The smallest absolute Gasteiger partial charge is 0.272 e. The van der Waals surface area contributed by atoms with Crippen LogP contribution in [0.3, 0.4) is 0 Å². The van der Waals surface area contributed by atoms with E-state index in [2.05, 4.69) is 20.5 Å². The number of benzene rings is 1. The predicted octanol–water partition coefficient (Wildman–Crippen LogP) is 2.61. The number of anilines is 2. The van der Waals surface area contributed by atoms with E-state index in [1.54, 1.807) is 24.7 Å². The molecule has 1 saturated heterocycles. The number of morpholine rings is 1. The number of carbonyl (C=O) groups excluding carboxylic acids is 3. The van der Waals surface area contributed by atoms with E-state index in [0.29, 0.717) is 56.2 Å². The zero-order valence-electron chi connectivity index (χ0n) is 21.7. The second kappa shape index (κ2) is 12.6. The van der Waals surface area contributed by atoms with Gasteiger partial charge in [0.2, 0.25) is 5.91 Å². The molecule has 1 aliphatic heterocycles. The molecule has 206 valence electrons. The average Bonchev–Trinajstić information content (AvgIpc) is 3.36. The number of halogens is 1. The summed E-state index contributed by atoms with van der Waals surface area (Å²) in [4.78, 5) is 44.5. The van der Waals surface area contributed by atoms with Crippen molar-refractivity contribution in [2.45, 2.75) is 44.7 Å². The van der Waals surface area contributed by atoms with Gasteiger partial charge in [0.05, 0.1) is 36.9 Å². The Morgan fingerprint density at radius 2 is 1.92 bits per heavy atom. The molecule has 3 amide bonds. The van der Waals surface area contributed by atoms with Crippen LogP contribution >= 0.6 is 11.6 Å². The number of nitrogens with zero attached hydrogens (tertiary/aromatic N) is 3. The summed E-state index contributed by atoms with van der Waals surface area (Å²) in [7, 11) is 1.54. The fourth-order valence-corrected chi connectivity index (χ4v) is 5.27. The number of hydrogen-bond donors (Lipinski definition) is 3. The first-order chi connectivity index (χ1) is 18.3. The molecule has 12 heteroatoms. The van der Waals surface area contributed by atoms with E-state index in [1.165, 1.54) is 6.33 Å². The Balaban J connectivity index is 1.39. The van der Waals surface area contributed by atoms with Gasteiger partial charge in [0.25, 0.3) is 11.8 Å². The second-order valence-electron chi connectivity index (χ2n) is 9.80. The quantitative estimate of drug-likeness (QED) is 0.439. The van der Waals surface area contributed by atoms with Gasteiger partial charge in [0.15, 0.2) is 5.69 Å². The van der Waals surface area contributed by atoms with Crippen LogP contribution in [0, 0.1) is 5.92 Å². The third-order valence-electron chi connectivity index (χ3n) is 7.08. The lowest BCUT2D eigenvalue weighted by atomic mass is 9.85. The molecule has 0 bridgehead atoms. The van der Waals surface area contributed by atoms with Crippen molar-refractivity contribution in [1.82, 2.24) is 14.9 Å². The molecular formula is C26H35ClN6O5. The molecule has 4 rings (SSSR count). The van der Waals surface area contributed by atoms with E-state index in [4.69, 9.17) is 26.8 Å². The number of rotatable bonds is 9. The van der Waals surface area contributed by atoms with Gasteiger partial charge in [-0.05, 0) is 50.8 Å². The summed E-state index contributed by atoms with van der Waals surface area (Å²) in [5, 5.41) is 6.25. The first kappa shape index (κ1) is 27.9. The molecular weight excluding hydrogens is 512 g/mol. The zero-order chi connectivity index (χ0) is 27.2. The zero-order valence-corrected chi connectivity index (χ0v) is 22.5. The molecule has 4 N–H and O–H groups in total. The van der Waals surface area contributed by atoms with Gasteiger partial charge in [0.1, 0.15) is 5.69 Å². The van der Waals surface area contributed by atoms with Crippen LogP contribution in [0.4, 0.5) is 11.4 Å². The number of ether oxygens (including phenoxy) is 2. The first-order valence-electron chi connectivity index (χ1n) is 12.9. The third-order valence-corrected chi connectivity index (χ3v) is 7.41. The van der Waals surface area contributed by atoms with Gasteiger partial charge < -0.3 is 35.3 Å². The molecule has 2 fully saturated rings. The Labute approximate surface area is 227 Å².